The van der Waals surface area contributed by atoms with E-state index in [1.54, 1.807) is 9.58 Å². The van der Waals surface area contributed by atoms with Crippen molar-refractivity contribution in [3.63, 3.8) is 0 Å². The molecule has 1 aromatic heterocycles. The van der Waals surface area contributed by atoms with Gasteiger partial charge in [-0.3, -0.25) is 13.9 Å². The van der Waals surface area contributed by atoms with Gasteiger partial charge >= 0.3 is 6.03 Å². The fraction of sp³-hybridized carbons (Fsp3) is 0.500. The van der Waals surface area contributed by atoms with E-state index in [2.05, 4.69) is 10.4 Å². The second-order valence-corrected chi connectivity index (χ2v) is 9.74. The average Bonchev–Trinajstić information content (AvgIpc) is 3.44. The van der Waals surface area contributed by atoms with Crippen LogP contribution in [0.25, 0.3) is 11.3 Å². The van der Waals surface area contributed by atoms with Gasteiger partial charge in [-0.25, -0.2) is 9.18 Å². The van der Waals surface area contributed by atoms with Crippen LogP contribution in [0.4, 0.5) is 13.6 Å². The van der Waals surface area contributed by atoms with Crippen molar-refractivity contribution >= 4 is 23.5 Å². The van der Waals surface area contributed by atoms with Crippen molar-refractivity contribution < 1.29 is 18.4 Å². The first-order valence-electron chi connectivity index (χ1n) is 10.7. The quantitative estimate of drug-likeness (QED) is 0.725. The number of halogens is 3. The van der Waals surface area contributed by atoms with Gasteiger partial charge in [-0.1, -0.05) is 11.6 Å². The maximum atomic E-state index is 13.6. The SMILES string of the molecule is NC(=O)c1c(-c2ccc(F)c(Cl)c2)nn2c1CN(C(=O)NC13CCC(CF)(CC1)C3)CC2. The Morgan fingerprint density at radius 2 is 1.97 bits per heavy atom. The highest BCUT2D eigenvalue weighted by Gasteiger charge is 2.55. The maximum absolute atomic E-state index is 13.6. The Hall–Kier alpha value is -2.68. The van der Waals surface area contributed by atoms with E-state index in [1.165, 1.54) is 18.2 Å². The number of hydrogen-bond donors (Lipinski definition) is 2. The summed E-state index contributed by atoms with van der Waals surface area (Å²) < 4.78 is 28.8. The van der Waals surface area contributed by atoms with Crippen LogP contribution in [0.1, 0.15) is 48.2 Å². The zero-order chi connectivity index (χ0) is 22.7. The van der Waals surface area contributed by atoms with E-state index in [0.29, 0.717) is 36.5 Å². The van der Waals surface area contributed by atoms with Gasteiger partial charge in [0.1, 0.15) is 11.5 Å². The molecule has 170 valence electrons. The highest BCUT2D eigenvalue weighted by molar-refractivity contribution is 6.31. The van der Waals surface area contributed by atoms with E-state index in [4.69, 9.17) is 17.3 Å². The van der Waals surface area contributed by atoms with Gasteiger partial charge in [0.05, 0.1) is 36.0 Å². The first-order valence-corrected chi connectivity index (χ1v) is 11.1. The zero-order valence-corrected chi connectivity index (χ0v) is 18.2. The molecule has 2 heterocycles. The summed E-state index contributed by atoms with van der Waals surface area (Å²) >= 11 is 5.91. The van der Waals surface area contributed by atoms with Crippen LogP contribution in [0.5, 0.6) is 0 Å². The molecule has 0 unspecified atom stereocenters. The van der Waals surface area contributed by atoms with Crippen LogP contribution in [0.3, 0.4) is 0 Å². The monoisotopic (exact) mass is 463 g/mol. The van der Waals surface area contributed by atoms with Gasteiger partial charge in [0.25, 0.3) is 5.91 Å². The molecule has 3 amide bonds. The molecule has 1 aliphatic heterocycles. The lowest BCUT2D eigenvalue weighted by Gasteiger charge is -2.34. The van der Waals surface area contributed by atoms with Gasteiger partial charge < -0.3 is 16.0 Å². The normalized spacial score (nSPS) is 26.3. The Morgan fingerprint density at radius 1 is 1.22 bits per heavy atom. The Kier molecular flexibility index (Phi) is 4.92. The third kappa shape index (κ3) is 3.34. The highest BCUT2D eigenvalue weighted by Crippen LogP contribution is 2.56. The largest absolute Gasteiger partial charge is 0.365 e. The van der Waals surface area contributed by atoms with Crippen molar-refractivity contribution in [1.82, 2.24) is 20.0 Å². The van der Waals surface area contributed by atoms with Crippen LogP contribution >= 0.6 is 11.6 Å². The minimum atomic E-state index is -0.679. The highest BCUT2D eigenvalue weighted by atomic mass is 35.5. The molecule has 0 spiro atoms. The van der Waals surface area contributed by atoms with Crippen LogP contribution < -0.4 is 11.1 Å². The number of benzene rings is 1. The molecule has 7 nitrogen and oxygen atoms in total. The van der Waals surface area contributed by atoms with Crippen molar-refractivity contribution in [3.8, 4) is 11.3 Å². The molecule has 0 atom stereocenters. The third-order valence-electron chi connectivity index (χ3n) is 7.34. The molecule has 1 aromatic carbocycles. The number of nitrogens with two attached hydrogens (primary N) is 1. The first kappa shape index (κ1) is 21.2. The van der Waals surface area contributed by atoms with Crippen molar-refractivity contribution in [2.24, 2.45) is 11.1 Å². The fourth-order valence-electron chi connectivity index (χ4n) is 5.58. The molecule has 10 heteroatoms. The predicted molar refractivity (Wildman–Crippen MR) is 114 cm³/mol. The second kappa shape index (κ2) is 7.43. The summed E-state index contributed by atoms with van der Waals surface area (Å²) in [5, 5.41) is 7.58. The molecule has 3 N–H and O–H groups in total. The molecular formula is C22H24ClF2N5O2. The number of rotatable bonds is 4. The third-order valence-corrected chi connectivity index (χ3v) is 7.63. The van der Waals surface area contributed by atoms with E-state index in [9.17, 15) is 18.4 Å². The number of nitrogens with one attached hydrogen (secondary N) is 1. The van der Waals surface area contributed by atoms with E-state index in [0.717, 1.165) is 25.7 Å². The topological polar surface area (TPSA) is 93.2 Å². The number of nitrogens with zero attached hydrogens (tertiary/aromatic N) is 3. The van der Waals surface area contributed by atoms with E-state index in [-0.39, 0.29) is 40.8 Å². The minimum Gasteiger partial charge on any atom is -0.365 e. The summed E-state index contributed by atoms with van der Waals surface area (Å²) in [6, 6.07) is 3.87. The smallest absolute Gasteiger partial charge is 0.318 e. The number of alkyl halides is 1. The van der Waals surface area contributed by atoms with Crippen molar-refractivity contribution in [2.75, 3.05) is 13.2 Å². The van der Waals surface area contributed by atoms with Gasteiger partial charge in [-0.05, 0) is 50.3 Å². The number of amides is 3. The summed E-state index contributed by atoms with van der Waals surface area (Å²) in [7, 11) is 0. The van der Waals surface area contributed by atoms with Crippen molar-refractivity contribution in [1.29, 1.82) is 0 Å². The lowest BCUT2D eigenvalue weighted by molar-refractivity contribution is 0.0997. The lowest BCUT2D eigenvalue weighted by Crippen LogP contribution is -2.52. The standard InChI is InChI=1S/C22H24ClF2N5O2/c23-14-9-13(1-2-15(14)25)18-17(19(26)31)16-10-29(7-8-30(16)28-18)20(32)27-22-5-3-21(11-22,12-24)4-6-22/h1-2,9H,3-8,10-12H2,(H2,26,31)(H,27,32). The van der Waals surface area contributed by atoms with Crippen LogP contribution in [0.15, 0.2) is 18.2 Å². The van der Waals surface area contributed by atoms with Crippen LogP contribution in [0, 0.1) is 11.2 Å². The summed E-state index contributed by atoms with van der Waals surface area (Å²) in [4.78, 5) is 27.0. The van der Waals surface area contributed by atoms with E-state index >= 15 is 0 Å². The van der Waals surface area contributed by atoms with E-state index in [1.807, 2.05) is 0 Å². The van der Waals surface area contributed by atoms with E-state index < -0.39 is 11.7 Å². The Balaban J connectivity index is 1.40. The van der Waals surface area contributed by atoms with Crippen molar-refractivity contribution in [2.45, 2.75) is 50.7 Å². The Labute approximate surface area is 188 Å². The molecule has 0 saturated heterocycles. The minimum absolute atomic E-state index is 0.0818. The molecule has 5 rings (SSSR count). The van der Waals surface area contributed by atoms with Crippen LogP contribution in [-0.4, -0.2) is 45.4 Å². The maximum Gasteiger partial charge on any atom is 0.318 e. The number of primary amides is 1. The molecule has 3 aliphatic rings. The van der Waals surface area contributed by atoms with Gasteiger partial charge in [-0.2, -0.15) is 5.10 Å². The summed E-state index contributed by atoms with van der Waals surface area (Å²) in [6.45, 7) is 0.619. The predicted octanol–water partition coefficient (Wildman–Crippen LogP) is 3.64. The molecule has 2 aromatic rings. The number of urea groups is 1. The molecular weight excluding hydrogens is 440 g/mol. The lowest BCUT2D eigenvalue weighted by atomic mass is 9.85. The molecule has 2 saturated carbocycles. The molecule has 2 aliphatic carbocycles. The van der Waals surface area contributed by atoms with Crippen LogP contribution in [-0.2, 0) is 13.1 Å². The summed E-state index contributed by atoms with van der Waals surface area (Å²) in [6.07, 6.45) is 3.85. The average molecular weight is 464 g/mol. The molecule has 0 radical (unpaired) electrons. The summed E-state index contributed by atoms with van der Waals surface area (Å²) in [5.74, 6) is -1.25. The number of aromatic nitrogens is 2. The second-order valence-electron chi connectivity index (χ2n) is 9.33. The Bertz CT molecular complexity index is 1110. The zero-order valence-electron chi connectivity index (χ0n) is 17.5. The number of fused-ring (bicyclic) bond motifs is 3. The number of carbonyl (C=O) groups is 2. The molecule has 32 heavy (non-hydrogen) atoms. The number of carbonyl (C=O) groups excluding carboxylic acids is 2. The Morgan fingerprint density at radius 3 is 2.59 bits per heavy atom. The first-order chi connectivity index (χ1) is 15.2. The number of hydrogen-bond acceptors (Lipinski definition) is 3. The van der Waals surface area contributed by atoms with Crippen molar-refractivity contribution in [3.05, 3.63) is 40.3 Å². The molecule has 2 fully saturated rings. The summed E-state index contributed by atoms with van der Waals surface area (Å²) in [5.41, 5.74) is 6.56. The molecule has 2 bridgehead atoms. The fourth-order valence-corrected chi connectivity index (χ4v) is 5.76. The van der Waals surface area contributed by atoms with Gasteiger partial charge in [0.15, 0.2) is 0 Å². The van der Waals surface area contributed by atoms with Crippen LogP contribution in [0.2, 0.25) is 5.02 Å². The van der Waals surface area contributed by atoms with Gasteiger partial charge in [-0.15, -0.1) is 0 Å². The van der Waals surface area contributed by atoms with Gasteiger partial charge in [0, 0.05) is 23.1 Å². The van der Waals surface area contributed by atoms with Gasteiger partial charge in [0.2, 0.25) is 0 Å².